The average molecular weight is 344 g/mol. The number of nitrogens with one attached hydrogen (secondary N) is 1. The second kappa shape index (κ2) is 5.35. The number of fused-ring (bicyclic) bond motifs is 1. The first-order chi connectivity index (χ1) is 10.2. The van der Waals surface area contributed by atoms with Crippen molar-refractivity contribution in [2.75, 3.05) is 0 Å². The van der Waals surface area contributed by atoms with Gasteiger partial charge in [0.1, 0.15) is 0 Å². The zero-order valence-electron chi connectivity index (χ0n) is 14.2. The van der Waals surface area contributed by atoms with Crippen molar-refractivity contribution < 1.29 is 0 Å². The van der Waals surface area contributed by atoms with Crippen LogP contribution in [0.25, 0.3) is 0 Å². The highest BCUT2D eigenvalue weighted by molar-refractivity contribution is 7.92. The molecule has 0 spiro atoms. The summed E-state index contributed by atoms with van der Waals surface area (Å²) in [7, 11) is -4.50. The molecule has 3 rings (SSSR count). The Morgan fingerprint density at radius 3 is 2.14 bits per heavy atom. The molecule has 0 fully saturated rings. The normalized spacial score (nSPS) is 23.1. The van der Waals surface area contributed by atoms with Crippen molar-refractivity contribution >= 4 is 44.6 Å². The third-order valence-electron chi connectivity index (χ3n) is 4.16. The molecule has 0 radical (unpaired) electrons. The van der Waals surface area contributed by atoms with Crippen LogP contribution in [-0.2, 0) is 0 Å². The molecule has 1 heterocycles. The van der Waals surface area contributed by atoms with Crippen molar-refractivity contribution in [3.63, 3.8) is 0 Å². The van der Waals surface area contributed by atoms with Crippen molar-refractivity contribution in [2.24, 2.45) is 0 Å². The van der Waals surface area contributed by atoms with E-state index in [1.807, 2.05) is 0 Å². The van der Waals surface area contributed by atoms with Gasteiger partial charge in [-0.25, -0.2) is 0 Å². The summed E-state index contributed by atoms with van der Waals surface area (Å²) < 4.78 is 4.21. The van der Waals surface area contributed by atoms with Gasteiger partial charge in [-0.2, -0.15) is 0 Å². The van der Waals surface area contributed by atoms with E-state index < -0.39 is 23.3 Å². The number of hydrogen-bond acceptors (Lipinski definition) is 1. The zero-order valence-corrected chi connectivity index (χ0v) is 17.1. The van der Waals surface area contributed by atoms with Crippen LogP contribution < -0.4 is 20.5 Å². The second-order valence-electron chi connectivity index (χ2n) is 7.81. The van der Waals surface area contributed by atoms with E-state index in [0.717, 1.165) is 0 Å². The number of rotatable bonds is 2. The first-order valence-corrected chi connectivity index (χ1v) is 16.4. The van der Waals surface area contributed by atoms with E-state index in [1.54, 1.807) is 10.5 Å². The number of benzene rings is 2. The van der Waals surface area contributed by atoms with Crippen LogP contribution in [0.1, 0.15) is 0 Å². The molecule has 1 aliphatic rings. The lowest BCUT2D eigenvalue weighted by atomic mass is 10.4. The Labute approximate surface area is 136 Å². The molecule has 1 N–H and O–H groups in total. The van der Waals surface area contributed by atoms with E-state index in [4.69, 9.17) is 0 Å². The fourth-order valence-corrected chi connectivity index (χ4v) is 19.4. The quantitative estimate of drug-likeness (QED) is 0.652. The zero-order chi connectivity index (χ0) is 16.0. The maximum Gasteiger partial charge on any atom is 0.156 e. The van der Waals surface area contributed by atoms with E-state index in [-0.39, 0.29) is 0 Å². The average Bonchev–Trinajstić information content (AvgIpc) is 2.68. The van der Waals surface area contributed by atoms with Crippen molar-refractivity contribution in [1.82, 2.24) is 4.75 Å². The topological polar surface area (TPSA) is 12.0 Å². The molecule has 1 unspecified atom stereocenters. The summed E-state index contributed by atoms with van der Waals surface area (Å²) >= 11 is 0. The Bertz CT molecular complexity index is 745. The first kappa shape index (κ1) is 16.0. The highest BCUT2D eigenvalue weighted by Gasteiger charge is 2.43. The van der Waals surface area contributed by atoms with Gasteiger partial charge < -0.3 is 4.75 Å². The van der Waals surface area contributed by atoms with E-state index in [0.29, 0.717) is 0 Å². The summed E-state index contributed by atoms with van der Waals surface area (Å²) in [5.74, 6) is 0. The molecule has 0 bridgehead atoms. The highest BCUT2D eigenvalue weighted by atomic mass is 31.2. The van der Waals surface area contributed by atoms with Crippen LogP contribution in [0.3, 0.4) is 0 Å². The van der Waals surface area contributed by atoms with Crippen molar-refractivity contribution in [3.8, 4) is 0 Å². The SMILES string of the molecule is C[Si](C)(C)C=P1(c2ccccc2)N[Si](C)(C)c2ccccc21. The summed E-state index contributed by atoms with van der Waals surface area (Å²) in [6.45, 7) is 12.3. The summed E-state index contributed by atoms with van der Waals surface area (Å²) in [6, 6.07) is 20.3. The molecule has 0 aliphatic carbocycles. The van der Waals surface area contributed by atoms with E-state index in [1.165, 1.54) is 5.30 Å². The van der Waals surface area contributed by atoms with E-state index in [2.05, 4.69) is 97.5 Å². The molecule has 0 aromatic heterocycles. The third kappa shape index (κ3) is 2.72. The molecule has 22 heavy (non-hydrogen) atoms. The van der Waals surface area contributed by atoms with Gasteiger partial charge in [0.2, 0.25) is 0 Å². The molecule has 1 nitrogen and oxygen atoms in total. The van der Waals surface area contributed by atoms with Crippen molar-refractivity contribution in [1.29, 1.82) is 0 Å². The predicted octanol–water partition coefficient (Wildman–Crippen LogP) is 3.26. The third-order valence-corrected chi connectivity index (χ3v) is 16.7. The molecule has 116 valence electrons. The molecule has 1 atom stereocenters. The highest BCUT2D eigenvalue weighted by Crippen LogP contribution is 2.46. The van der Waals surface area contributed by atoms with Crippen LogP contribution in [0.5, 0.6) is 0 Å². The molecule has 0 amide bonds. The summed E-state index contributed by atoms with van der Waals surface area (Å²) in [6.07, 6.45) is 0. The van der Waals surface area contributed by atoms with Gasteiger partial charge >= 0.3 is 0 Å². The van der Waals surface area contributed by atoms with Crippen LogP contribution in [0.4, 0.5) is 0 Å². The van der Waals surface area contributed by atoms with Gasteiger partial charge in [0.05, 0.1) is 8.07 Å². The van der Waals surface area contributed by atoms with Crippen molar-refractivity contribution in [3.05, 3.63) is 54.6 Å². The van der Waals surface area contributed by atoms with Crippen LogP contribution in [0, 0.1) is 0 Å². The Hall–Kier alpha value is -0.866. The molecular formula is C18H26NPSi2. The predicted molar refractivity (Wildman–Crippen MR) is 109 cm³/mol. The molecule has 1 aliphatic heterocycles. The molecule has 0 saturated carbocycles. The standard InChI is InChI=1S/C18H26NPSi2/c1-21(2,3)15-20(16-11-7-6-8-12-16)17-13-9-10-14-18(17)22(4,5)19-20/h6-15,19H,1-5H3. The Morgan fingerprint density at radius 2 is 1.50 bits per heavy atom. The summed E-state index contributed by atoms with van der Waals surface area (Å²) in [4.78, 5) is 0. The van der Waals surface area contributed by atoms with Gasteiger partial charge in [-0.3, -0.25) is 0 Å². The monoisotopic (exact) mass is 343 g/mol. The van der Waals surface area contributed by atoms with Gasteiger partial charge in [-0.05, 0) is 22.8 Å². The lowest BCUT2D eigenvalue weighted by Gasteiger charge is -2.30. The van der Waals surface area contributed by atoms with Gasteiger partial charge in [0.25, 0.3) is 0 Å². The van der Waals surface area contributed by atoms with Crippen LogP contribution in [0.2, 0.25) is 32.7 Å². The Balaban J connectivity index is 2.38. The lowest BCUT2D eigenvalue weighted by Crippen LogP contribution is -2.50. The van der Waals surface area contributed by atoms with Gasteiger partial charge in [-0.15, -0.1) is 0 Å². The van der Waals surface area contributed by atoms with Gasteiger partial charge in [0.15, 0.2) is 8.24 Å². The van der Waals surface area contributed by atoms with Gasteiger partial charge in [0, 0.05) is 0 Å². The van der Waals surface area contributed by atoms with Crippen LogP contribution in [0.15, 0.2) is 54.6 Å². The largest absolute Gasteiger partial charge is 0.307 e. The summed E-state index contributed by atoms with van der Waals surface area (Å²) in [5.41, 5.74) is 2.75. The molecule has 4 heteroatoms. The van der Waals surface area contributed by atoms with E-state index in [9.17, 15) is 0 Å². The van der Waals surface area contributed by atoms with E-state index >= 15 is 0 Å². The minimum atomic E-state index is -1.59. The lowest BCUT2D eigenvalue weighted by molar-refractivity contribution is 1.49. The Morgan fingerprint density at radius 1 is 0.909 bits per heavy atom. The minimum absolute atomic E-state index is 1.32. The maximum absolute atomic E-state index is 4.21. The van der Waals surface area contributed by atoms with Gasteiger partial charge in [-0.1, -0.05) is 92.8 Å². The molecular weight excluding hydrogens is 317 g/mol. The minimum Gasteiger partial charge on any atom is -0.307 e. The molecule has 2 aromatic rings. The van der Waals surface area contributed by atoms with Crippen LogP contribution >= 0.6 is 7.04 Å². The maximum atomic E-state index is 4.21. The van der Waals surface area contributed by atoms with Crippen molar-refractivity contribution in [2.45, 2.75) is 32.7 Å². The Kier molecular flexibility index (Phi) is 3.89. The fourth-order valence-electron chi connectivity index (χ4n) is 3.50. The molecule has 2 aromatic carbocycles. The summed E-state index contributed by atoms with van der Waals surface area (Å²) in [5, 5.41) is 4.67. The number of hydrogen-bond donors (Lipinski definition) is 1. The first-order valence-electron chi connectivity index (χ1n) is 7.96. The second-order valence-corrected chi connectivity index (χ2v) is 20.7. The molecule has 0 saturated heterocycles. The van der Waals surface area contributed by atoms with Crippen LogP contribution in [-0.4, -0.2) is 21.7 Å². The smallest absolute Gasteiger partial charge is 0.156 e. The fraction of sp³-hybridized carbons (Fsp3) is 0.278.